The molecule has 2 N–H and O–H groups in total. The summed E-state index contributed by atoms with van der Waals surface area (Å²) in [4.78, 5) is 26.5. The van der Waals surface area contributed by atoms with Crippen molar-refractivity contribution in [1.29, 1.82) is 0 Å². The number of thiocarbonyl (C=S) groups is 1. The molecule has 1 heterocycles. The molecule has 2 amide bonds. The van der Waals surface area contributed by atoms with E-state index in [2.05, 4.69) is 10.6 Å². The number of alkyl halides is 3. The normalized spacial score (nSPS) is 14.0. The Morgan fingerprint density at radius 3 is 2.42 bits per heavy atom. The molecule has 0 unspecified atom stereocenters. The first-order valence-corrected chi connectivity index (χ1v) is 10.5. The molecule has 0 radical (unpaired) electrons. The summed E-state index contributed by atoms with van der Waals surface area (Å²) in [5, 5.41) is 5.90. The number of amides is 2. The van der Waals surface area contributed by atoms with Crippen molar-refractivity contribution in [3.05, 3.63) is 53.1 Å². The smallest absolute Gasteiger partial charge is 0.471 e. The number of hydrogen-bond donors (Lipinski definition) is 2. The van der Waals surface area contributed by atoms with E-state index >= 15 is 0 Å². The molecule has 12 heteroatoms. The summed E-state index contributed by atoms with van der Waals surface area (Å²) in [7, 11) is 1.49. The first kappa shape index (κ1) is 24.6. The lowest BCUT2D eigenvalue weighted by atomic mass is 10.2. The maximum Gasteiger partial charge on any atom is 0.471 e. The fraction of sp³-hybridized carbons (Fsp3) is 0.286. The van der Waals surface area contributed by atoms with Gasteiger partial charge in [0.2, 0.25) is 0 Å². The van der Waals surface area contributed by atoms with E-state index < -0.39 is 18.0 Å². The summed E-state index contributed by atoms with van der Waals surface area (Å²) >= 11 is 11.4. The zero-order valence-electron chi connectivity index (χ0n) is 17.4. The SMILES string of the molecule is COc1cccc(C(=O)NC(=S)Nc2cc(Cl)ccc2N2CCN(C(=O)C(F)(F)F)CC2)c1. The van der Waals surface area contributed by atoms with Crippen LogP contribution < -0.4 is 20.3 Å². The fourth-order valence-corrected chi connectivity index (χ4v) is 3.68. The monoisotopic (exact) mass is 500 g/mol. The Hall–Kier alpha value is -3.05. The Labute approximate surface area is 198 Å². The number of carbonyl (C=O) groups is 2. The van der Waals surface area contributed by atoms with Gasteiger partial charge in [-0.15, -0.1) is 0 Å². The van der Waals surface area contributed by atoms with E-state index in [1.165, 1.54) is 7.11 Å². The molecule has 0 saturated carbocycles. The highest BCUT2D eigenvalue weighted by molar-refractivity contribution is 7.80. The molecule has 1 aliphatic heterocycles. The van der Waals surface area contributed by atoms with E-state index in [1.807, 2.05) is 4.90 Å². The van der Waals surface area contributed by atoms with Gasteiger partial charge in [0, 0.05) is 36.8 Å². The summed E-state index contributed by atoms with van der Waals surface area (Å²) in [6.07, 6.45) is -4.90. The molecule has 3 rings (SSSR count). The van der Waals surface area contributed by atoms with Crippen molar-refractivity contribution in [2.75, 3.05) is 43.5 Å². The van der Waals surface area contributed by atoms with Crippen molar-refractivity contribution in [3.8, 4) is 5.75 Å². The third-order valence-electron chi connectivity index (χ3n) is 4.92. The molecule has 0 bridgehead atoms. The quantitative estimate of drug-likeness (QED) is 0.624. The van der Waals surface area contributed by atoms with Crippen molar-refractivity contribution in [2.45, 2.75) is 6.18 Å². The van der Waals surface area contributed by atoms with Crippen LogP contribution in [0, 0.1) is 0 Å². The number of halogens is 4. The standard InChI is InChI=1S/C21H20ClF3N4O3S/c1-32-15-4-2-3-13(11-15)18(30)27-20(33)26-16-12-14(22)5-6-17(16)28-7-9-29(10-8-28)19(31)21(23,24)25/h2-6,11-12H,7-10H2,1H3,(H2,26,27,30,33). The van der Waals surface area contributed by atoms with Gasteiger partial charge in [0.1, 0.15) is 5.75 Å². The van der Waals surface area contributed by atoms with Gasteiger partial charge < -0.3 is 19.9 Å². The minimum atomic E-state index is -4.90. The molecule has 33 heavy (non-hydrogen) atoms. The molecule has 176 valence electrons. The average molecular weight is 501 g/mol. The van der Waals surface area contributed by atoms with Gasteiger partial charge in [-0.2, -0.15) is 13.2 Å². The lowest BCUT2D eigenvalue weighted by Gasteiger charge is -2.37. The summed E-state index contributed by atoms with van der Waals surface area (Å²) < 4.78 is 43.2. The van der Waals surface area contributed by atoms with Gasteiger partial charge >= 0.3 is 12.1 Å². The molecular formula is C21H20ClF3N4O3S. The number of rotatable bonds is 4. The average Bonchev–Trinajstić information content (AvgIpc) is 2.78. The van der Waals surface area contributed by atoms with Crippen molar-refractivity contribution < 1.29 is 27.5 Å². The molecule has 2 aromatic rings. The Morgan fingerprint density at radius 1 is 1.09 bits per heavy atom. The Balaban J connectivity index is 1.68. The number of benzene rings is 2. The molecule has 7 nitrogen and oxygen atoms in total. The highest BCUT2D eigenvalue weighted by Crippen LogP contribution is 2.30. The maximum absolute atomic E-state index is 12.7. The van der Waals surface area contributed by atoms with E-state index in [-0.39, 0.29) is 31.3 Å². The minimum Gasteiger partial charge on any atom is -0.497 e. The third-order valence-corrected chi connectivity index (χ3v) is 5.36. The van der Waals surface area contributed by atoms with Crippen molar-refractivity contribution in [3.63, 3.8) is 0 Å². The van der Waals surface area contributed by atoms with Crippen LogP contribution in [0.2, 0.25) is 5.02 Å². The number of nitrogens with zero attached hydrogens (tertiary/aromatic N) is 2. The summed E-state index contributed by atoms with van der Waals surface area (Å²) in [6, 6.07) is 11.5. The number of methoxy groups -OCH3 is 1. The number of ether oxygens (including phenoxy) is 1. The van der Waals surface area contributed by atoms with Crippen LogP contribution in [0.4, 0.5) is 24.5 Å². The number of anilines is 2. The summed E-state index contributed by atoms with van der Waals surface area (Å²) in [6.45, 7) is 0.191. The zero-order chi connectivity index (χ0) is 24.2. The molecule has 0 atom stereocenters. The molecule has 1 saturated heterocycles. The zero-order valence-corrected chi connectivity index (χ0v) is 19.0. The molecule has 0 spiro atoms. The fourth-order valence-electron chi connectivity index (χ4n) is 3.31. The van der Waals surface area contributed by atoms with Gasteiger partial charge in [0.15, 0.2) is 5.11 Å². The molecule has 0 aromatic heterocycles. The van der Waals surface area contributed by atoms with E-state index in [4.69, 9.17) is 28.6 Å². The van der Waals surface area contributed by atoms with Gasteiger partial charge in [0.25, 0.3) is 5.91 Å². The van der Waals surface area contributed by atoms with Crippen molar-refractivity contribution in [1.82, 2.24) is 10.2 Å². The molecule has 1 aliphatic rings. The largest absolute Gasteiger partial charge is 0.497 e. The van der Waals surface area contributed by atoms with E-state index in [1.54, 1.807) is 42.5 Å². The second-order valence-corrected chi connectivity index (χ2v) is 7.92. The van der Waals surface area contributed by atoms with Gasteiger partial charge in [-0.25, -0.2) is 0 Å². The van der Waals surface area contributed by atoms with Gasteiger partial charge in [-0.3, -0.25) is 14.9 Å². The summed E-state index contributed by atoms with van der Waals surface area (Å²) in [5.74, 6) is -1.78. The van der Waals surface area contributed by atoms with Gasteiger partial charge in [0.05, 0.1) is 18.5 Å². The second-order valence-electron chi connectivity index (χ2n) is 7.08. The molecule has 1 fully saturated rings. The highest BCUT2D eigenvalue weighted by Gasteiger charge is 2.43. The van der Waals surface area contributed by atoms with Crippen LogP contribution in [0.5, 0.6) is 5.75 Å². The van der Waals surface area contributed by atoms with Crippen molar-refractivity contribution in [2.24, 2.45) is 0 Å². The lowest BCUT2D eigenvalue weighted by Crippen LogP contribution is -2.52. The van der Waals surface area contributed by atoms with Crippen LogP contribution >= 0.6 is 23.8 Å². The maximum atomic E-state index is 12.7. The Kier molecular flexibility index (Phi) is 7.65. The molecule has 2 aromatic carbocycles. The number of piperazine rings is 1. The summed E-state index contributed by atoms with van der Waals surface area (Å²) in [5.41, 5.74) is 1.43. The lowest BCUT2D eigenvalue weighted by molar-refractivity contribution is -0.185. The Morgan fingerprint density at radius 2 is 1.79 bits per heavy atom. The van der Waals surface area contributed by atoms with Crippen LogP contribution in [-0.4, -0.2) is 61.3 Å². The third kappa shape index (κ3) is 6.26. The van der Waals surface area contributed by atoms with E-state index in [0.29, 0.717) is 27.7 Å². The van der Waals surface area contributed by atoms with Crippen LogP contribution in [0.15, 0.2) is 42.5 Å². The number of carbonyl (C=O) groups excluding carboxylic acids is 2. The van der Waals surface area contributed by atoms with Crippen LogP contribution in [0.1, 0.15) is 10.4 Å². The first-order chi connectivity index (χ1) is 15.6. The first-order valence-electron chi connectivity index (χ1n) is 9.75. The molecule has 0 aliphatic carbocycles. The highest BCUT2D eigenvalue weighted by atomic mass is 35.5. The number of nitrogens with one attached hydrogen (secondary N) is 2. The van der Waals surface area contributed by atoms with Gasteiger partial charge in [-0.05, 0) is 48.6 Å². The Bertz CT molecular complexity index is 1060. The van der Waals surface area contributed by atoms with Gasteiger partial charge in [-0.1, -0.05) is 17.7 Å². The molecular weight excluding hydrogens is 481 g/mol. The predicted molar refractivity (Wildman–Crippen MR) is 123 cm³/mol. The van der Waals surface area contributed by atoms with E-state index in [0.717, 1.165) is 4.90 Å². The van der Waals surface area contributed by atoms with Crippen LogP contribution in [0.25, 0.3) is 0 Å². The predicted octanol–water partition coefficient (Wildman–Crippen LogP) is 3.69. The van der Waals surface area contributed by atoms with E-state index in [9.17, 15) is 22.8 Å². The number of hydrogen-bond acceptors (Lipinski definition) is 5. The van der Waals surface area contributed by atoms with Crippen LogP contribution in [0.3, 0.4) is 0 Å². The topological polar surface area (TPSA) is 73.9 Å². The second kappa shape index (κ2) is 10.3. The van der Waals surface area contributed by atoms with Crippen molar-refractivity contribution >= 4 is 52.1 Å². The van der Waals surface area contributed by atoms with Crippen LogP contribution in [-0.2, 0) is 4.79 Å². The minimum absolute atomic E-state index is 0.0113.